The Bertz CT molecular complexity index is 503. The van der Waals surface area contributed by atoms with Crippen molar-refractivity contribution in [2.24, 2.45) is 0 Å². The van der Waals surface area contributed by atoms with Crippen molar-refractivity contribution in [1.82, 2.24) is 9.78 Å². The number of aromatic nitrogens is 2. The molecule has 3 heteroatoms. The van der Waals surface area contributed by atoms with Gasteiger partial charge >= 0.3 is 0 Å². The molecule has 2 rings (SSSR count). The van der Waals surface area contributed by atoms with Gasteiger partial charge in [-0.2, -0.15) is 5.10 Å². The smallest absolute Gasteiger partial charge is 0.160 e. The largest absolute Gasteiger partial charge is 0.504 e. The molecular weight excluding hydrogens is 224 g/mol. The lowest BCUT2D eigenvalue weighted by molar-refractivity contribution is 0.460. The third-order valence-electron chi connectivity index (χ3n) is 3.13. The van der Waals surface area contributed by atoms with Crippen molar-refractivity contribution in [2.45, 2.75) is 39.5 Å². The van der Waals surface area contributed by atoms with Crippen LogP contribution in [0.15, 0.2) is 30.3 Å². The number of hydrogen-bond donors (Lipinski definition) is 1. The highest BCUT2D eigenvalue weighted by Crippen LogP contribution is 2.27. The number of unbranched alkanes of at least 4 members (excludes halogenated alkanes) is 1. The average molecular weight is 244 g/mol. The van der Waals surface area contributed by atoms with Crippen molar-refractivity contribution < 1.29 is 5.11 Å². The van der Waals surface area contributed by atoms with E-state index in [-0.39, 0.29) is 0 Å². The Morgan fingerprint density at radius 1 is 1.17 bits per heavy atom. The number of hydrogen-bond acceptors (Lipinski definition) is 2. The average Bonchev–Trinajstić information content (AvgIpc) is 2.74. The SMILES string of the molecule is CCCCc1c(O)c(CC)nn1-c1ccccc1. The summed E-state index contributed by atoms with van der Waals surface area (Å²) in [5, 5.41) is 14.7. The molecule has 0 fully saturated rings. The maximum absolute atomic E-state index is 10.2. The van der Waals surface area contributed by atoms with Gasteiger partial charge in [-0.15, -0.1) is 0 Å². The molecule has 1 N–H and O–H groups in total. The summed E-state index contributed by atoms with van der Waals surface area (Å²) in [7, 11) is 0. The second-order valence-corrected chi connectivity index (χ2v) is 4.45. The van der Waals surface area contributed by atoms with Crippen molar-refractivity contribution in [3.05, 3.63) is 41.7 Å². The van der Waals surface area contributed by atoms with Crippen LogP contribution in [0.1, 0.15) is 38.1 Å². The molecule has 18 heavy (non-hydrogen) atoms. The van der Waals surface area contributed by atoms with Crippen LogP contribution in [-0.4, -0.2) is 14.9 Å². The molecule has 3 nitrogen and oxygen atoms in total. The summed E-state index contributed by atoms with van der Waals surface area (Å²) in [6, 6.07) is 9.99. The maximum atomic E-state index is 10.2. The van der Waals surface area contributed by atoms with Crippen LogP contribution in [0.3, 0.4) is 0 Å². The minimum atomic E-state index is 0.370. The van der Waals surface area contributed by atoms with Crippen molar-refractivity contribution in [2.75, 3.05) is 0 Å². The molecular formula is C15H20N2O. The quantitative estimate of drug-likeness (QED) is 0.874. The normalized spacial score (nSPS) is 10.8. The minimum absolute atomic E-state index is 0.370. The highest BCUT2D eigenvalue weighted by Gasteiger charge is 2.16. The molecule has 0 spiro atoms. The summed E-state index contributed by atoms with van der Waals surface area (Å²) in [5.41, 5.74) is 2.73. The zero-order chi connectivity index (χ0) is 13.0. The predicted octanol–water partition coefficient (Wildman–Crippen LogP) is 3.48. The van der Waals surface area contributed by atoms with Crippen LogP contribution in [0.5, 0.6) is 5.75 Å². The zero-order valence-corrected chi connectivity index (χ0v) is 11.1. The highest BCUT2D eigenvalue weighted by molar-refractivity contribution is 5.40. The summed E-state index contributed by atoms with van der Waals surface area (Å²) in [6.07, 6.45) is 3.80. The number of aryl methyl sites for hydroxylation is 1. The molecule has 0 saturated heterocycles. The second kappa shape index (κ2) is 5.71. The van der Waals surface area contributed by atoms with Crippen molar-refractivity contribution >= 4 is 0 Å². The first-order valence-electron chi connectivity index (χ1n) is 6.63. The van der Waals surface area contributed by atoms with Crippen LogP contribution in [-0.2, 0) is 12.8 Å². The Morgan fingerprint density at radius 3 is 2.50 bits per heavy atom. The lowest BCUT2D eigenvalue weighted by Crippen LogP contribution is -2.02. The van der Waals surface area contributed by atoms with Gasteiger partial charge in [0.25, 0.3) is 0 Å². The van der Waals surface area contributed by atoms with E-state index < -0.39 is 0 Å². The van der Waals surface area contributed by atoms with Crippen molar-refractivity contribution in [3.63, 3.8) is 0 Å². The molecule has 0 unspecified atom stereocenters. The molecule has 0 atom stereocenters. The van der Waals surface area contributed by atoms with E-state index in [1.54, 1.807) is 0 Å². The third-order valence-corrected chi connectivity index (χ3v) is 3.13. The van der Waals surface area contributed by atoms with Crippen LogP contribution in [0.4, 0.5) is 0 Å². The first kappa shape index (κ1) is 12.7. The molecule has 1 aromatic carbocycles. The summed E-state index contributed by atoms with van der Waals surface area (Å²) in [6.45, 7) is 4.17. The van der Waals surface area contributed by atoms with E-state index in [0.29, 0.717) is 5.75 Å². The Kier molecular flexibility index (Phi) is 4.03. The topological polar surface area (TPSA) is 38.1 Å². The Labute approximate surface area is 108 Å². The number of aromatic hydroxyl groups is 1. The summed E-state index contributed by atoms with van der Waals surface area (Å²) >= 11 is 0. The summed E-state index contributed by atoms with van der Waals surface area (Å²) in [4.78, 5) is 0. The van der Waals surface area contributed by atoms with E-state index >= 15 is 0 Å². The number of nitrogens with zero attached hydrogens (tertiary/aromatic N) is 2. The molecule has 0 bridgehead atoms. The van der Waals surface area contributed by atoms with E-state index in [1.165, 1.54) is 0 Å². The van der Waals surface area contributed by atoms with Crippen LogP contribution in [0.25, 0.3) is 5.69 Å². The van der Waals surface area contributed by atoms with Gasteiger partial charge in [-0.25, -0.2) is 4.68 Å². The van der Waals surface area contributed by atoms with Gasteiger partial charge < -0.3 is 5.11 Å². The fourth-order valence-electron chi connectivity index (χ4n) is 2.08. The minimum Gasteiger partial charge on any atom is -0.504 e. The first-order chi connectivity index (χ1) is 8.77. The maximum Gasteiger partial charge on any atom is 0.160 e. The lowest BCUT2D eigenvalue weighted by Gasteiger charge is -2.06. The summed E-state index contributed by atoms with van der Waals surface area (Å²) < 4.78 is 1.88. The van der Waals surface area contributed by atoms with E-state index in [9.17, 15) is 5.11 Å². The molecule has 0 amide bonds. The van der Waals surface area contributed by atoms with Crippen molar-refractivity contribution in [1.29, 1.82) is 0 Å². The van der Waals surface area contributed by atoms with Crippen LogP contribution in [0.2, 0.25) is 0 Å². The highest BCUT2D eigenvalue weighted by atomic mass is 16.3. The molecule has 1 aromatic heterocycles. The first-order valence-corrected chi connectivity index (χ1v) is 6.63. The van der Waals surface area contributed by atoms with Gasteiger partial charge in [0.1, 0.15) is 5.69 Å². The van der Waals surface area contributed by atoms with Gasteiger partial charge in [-0.05, 0) is 31.4 Å². The molecule has 2 aromatic rings. The molecule has 0 aliphatic rings. The number of para-hydroxylation sites is 1. The number of benzene rings is 1. The van der Waals surface area contributed by atoms with E-state index in [4.69, 9.17) is 0 Å². The van der Waals surface area contributed by atoms with Gasteiger partial charge in [0, 0.05) is 0 Å². The van der Waals surface area contributed by atoms with Crippen LogP contribution < -0.4 is 0 Å². The van der Waals surface area contributed by atoms with Crippen molar-refractivity contribution in [3.8, 4) is 11.4 Å². The molecule has 0 saturated carbocycles. The van der Waals surface area contributed by atoms with Gasteiger partial charge in [0.15, 0.2) is 5.75 Å². The Morgan fingerprint density at radius 2 is 1.89 bits per heavy atom. The van der Waals surface area contributed by atoms with Gasteiger partial charge in [0.05, 0.1) is 11.4 Å². The third kappa shape index (κ3) is 2.40. The predicted molar refractivity (Wildman–Crippen MR) is 73.2 cm³/mol. The number of rotatable bonds is 5. The molecule has 0 aliphatic heterocycles. The Hall–Kier alpha value is -1.77. The van der Waals surface area contributed by atoms with E-state index in [0.717, 1.165) is 42.8 Å². The fourth-order valence-corrected chi connectivity index (χ4v) is 2.08. The molecule has 1 heterocycles. The van der Waals surface area contributed by atoms with Gasteiger partial charge in [-0.1, -0.05) is 38.5 Å². The molecule has 0 radical (unpaired) electrons. The molecule has 0 aliphatic carbocycles. The standard InChI is InChI=1S/C15H20N2O/c1-3-5-11-14-15(18)13(4-2)16-17(14)12-9-7-6-8-10-12/h6-10,18H,3-5,11H2,1-2H3. The van der Waals surface area contributed by atoms with Crippen LogP contribution in [0, 0.1) is 0 Å². The zero-order valence-electron chi connectivity index (χ0n) is 11.1. The molecule has 96 valence electrons. The van der Waals surface area contributed by atoms with Gasteiger partial charge in [-0.3, -0.25) is 0 Å². The second-order valence-electron chi connectivity index (χ2n) is 4.45. The van der Waals surface area contributed by atoms with Gasteiger partial charge in [0.2, 0.25) is 0 Å². The summed E-state index contributed by atoms with van der Waals surface area (Å²) in [5.74, 6) is 0.370. The van der Waals surface area contributed by atoms with E-state index in [1.807, 2.05) is 41.9 Å². The fraction of sp³-hybridized carbons (Fsp3) is 0.400. The van der Waals surface area contributed by atoms with Crippen LogP contribution >= 0.6 is 0 Å². The van der Waals surface area contributed by atoms with E-state index in [2.05, 4.69) is 12.0 Å². The lowest BCUT2D eigenvalue weighted by atomic mass is 10.1. The Balaban J connectivity index is 2.45. The monoisotopic (exact) mass is 244 g/mol.